The number of hydrogen-bond donors (Lipinski definition) is 0. The fourth-order valence-electron chi connectivity index (χ4n) is 3.21. The zero-order valence-corrected chi connectivity index (χ0v) is 17.0. The van der Waals surface area contributed by atoms with Crippen molar-refractivity contribution in [1.29, 1.82) is 0 Å². The van der Waals surface area contributed by atoms with Crippen LogP contribution in [0.25, 0.3) is 10.2 Å². The molecule has 0 aliphatic carbocycles. The number of thiazole rings is 1. The summed E-state index contributed by atoms with van der Waals surface area (Å²) in [5.41, 5.74) is -0.150. The summed E-state index contributed by atoms with van der Waals surface area (Å²) in [6.45, 7) is 0.385. The second-order valence-electron chi connectivity index (χ2n) is 6.69. The zero-order valence-electron chi connectivity index (χ0n) is 15.3. The summed E-state index contributed by atoms with van der Waals surface area (Å²) in [6, 6.07) is 6.67. The monoisotopic (exact) mass is 455 g/mol. The first-order valence-electron chi connectivity index (χ1n) is 8.91. The molecule has 0 saturated carbocycles. The number of nitrogens with zero attached hydrogens (tertiary/aromatic N) is 3. The van der Waals surface area contributed by atoms with E-state index in [2.05, 4.69) is 4.98 Å². The van der Waals surface area contributed by atoms with Crippen LogP contribution in [0, 0.1) is 21.7 Å². The highest BCUT2D eigenvalue weighted by atomic mass is 32.2. The molecule has 1 aliphatic rings. The van der Waals surface area contributed by atoms with Crippen LogP contribution in [0.5, 0.6) is 5.19 Å². The van der Waals surface area contributed by atoms with E-state index >= 15 is 0 Å². The quantitative estimate of drug-likeness (QED) is 0.429. The van der Waals surface area contributed by atoms with E-state index in [9.17, 15) is 27.3 Å². The van der Waals surface area contributed by atoms with Crippen LogP contribution in [0.1, 0.15) is 12.8 Å². The minimum absolute atomic E-state index is 0.0175. The number of fused-ring (bicyclic) bond motifs is 1. The van der Waals surface area contributed by atoms with Crippen molar-refractivity contribution < 1.29 is 26.9 Å². The van der Waals surface area contributed by atoms with E-state index in [0.717, 1.165) is 29.5 Å². The van der Waals surface area contributed by atoms with Gasteiger partial charge in [-0.25, -0.2) is 17.2 Å². The predicted octanol–water partition coefficient (Wildman–Crippen LogP) is 3.71. The summed E-state index contributed by atoms with van der Waals surface area (Å²) in [5, 5.41) is 10.9. The average Bonchev–Trinajstić information content (AvgIpc) is 3.11. The number of aromatic nitrogens is 1. The van der Waals surface area contributed by atoms with Crippen molar-refractivity contribution in [2.24, 2.45) is 0 Å². The van der Waals surface area contributed by atoms with Crippen LogP contribution in [-0.2, 0) is 10.0 Å². The fourth-order valence-corrected chi connectivity index (χ4v) is 5.60. The molecule has 0 unspecified atom stereocenters. The largest absolute Gasteiger partial charge is 0.467 e. The van der Waals surface area contributed by atoms with E-state index in [1.54, 1.807) is 0 Å². The van der Waals surface area contributed by atoms with Gasteiger partial charge < -0.3 is 4.74 Å². The van der Waals surface area contributed by atoms with Gasteiger partial charge in [-0.1, -0.05) is 11.3 Å². The molecule has 3 aromatic rings. The lowest BCUT2D eigenvalue weighted by Crippen LogP contribution is -2.41. The van der Waals surface area contributed by atoms with E-state index in [1.165, 1.54) is 22.5 Å². The molecule has 0 bridgehead atoms. The van der Waals surface area contributed by atoms with Crippen molar-refractivity contribution in [1.82, 2.24) is 9.29 Å². The lowest BCUT2D eigenvalue weighted by molar-refractivity contribution is -0.384. The van der Waals surface area contributed by atoms with Crippen LogP contribution in [0.2, 0.25) is 0 Å². The van der Waals surface area contributed by atoms with E-state index in [0.29, 0.717) is 17.5 Å². The first-order chi connectivity index (χ1) is 14.2. The van der Waals surface area contributed by atoms with Gasteiger partial charge in [0.15, 0.2) is 5.82 Å². The first-order valence-corrected chi connectivity index (χ1v) is 11.2. The highest BCUT2D eigenvalue weighted by Gasteiger charge is 2.31. The van der Waals surface area contributed by atoms with Crippen LogP contribution < -0.4 is 4.74 Å². The standard InChI is InChI=1S/C18H15F2N3O5S2/c19-11-9-15(20)17-16(10-11)29-18(21-17)28-13-5-7-22(8-6-13)30(26,27)14-3-1-12(2-4-14)23(24)25/h1-4,9-10,13H,5-8H2. The van der Waals surface area contributed by atoms with Gasteiger partial charge in [0.2, 0.25) is 10.0 Å². The summed E-state index contributed by atoms with van der Waals surface area (Å²) in [7, 11) is -3.78. The Hall–Kier alpha value is -2.70. The smallest absolute Gasteiger partial charge is 0.274 e. The summed E-state index contributed by atoms with van der Waals surface area (Å²) < 4.78 is 60.0. The molecule has 1 aliphatic heterocycles. The molecule has 0 radical (unpaired) electrons. The summed E-state index contributed by atoms with van der Waals surface area (Å²) in [5.74, 6) is -1.46. The Labute approximate surface area is 173 Å². The van der Waals surface area contributed by atoms with Gasteiger partial charge in [-0.05, 0) is 31.0 Å². The van der Waals surface area contributed by atoms with E-state index in [4.69, 9.17) is 4.74 Å². The third-order valence-corrected chi connectivity index (χ3v) is 7.55. The molecule has 8 nitrogen and oxygen atoms in total. The van der Waals surface area contributed by atoms with Crippen LogP contribution in [0.4, 0.5) is 14.5 Å². The van der Waals surface area contributed by atoms with Gasteiger partial charge in [0.25, 0.3) is 10.9 Å². The second kappa shape index (κ2) is 7.85. The number of hydrogen-bond acceptors (Lipinski definition) is 7. The Morgan fingerprint density at radius 3 is 2.47 bits per heavy atom. The van der Waals surface area contributed by atoms with E-state index in [-0.39, 0.29) is 40.5 Å². The highest BCUT2D eigenvalue weighted by molar-refractivity contribution is 7.89. The van der Waals surface area contributed by atoms with Crippen molar-refractivity contribution >= 4 is 37.3 Å². The Balaban J connectivity index is 1.42. The maximum atomic E-state index is 13.8. The number of halogens is 2. The first kappa shape index (κ1) is 20.6. The predicted molar refractivity (Wildman–Crippen MR) is 105 cm³/mol. The Kier molecular flexibility index (Phi) is 5.38. The van der Waals surface area contributed by atoms with E-state index < -0.39 is 26.6 Å². The molecule has 12 heteroatoms. The van der Waals surface area contributed by atoms with Crippen molar-refractivity contribution in [2.75, 3.05) is 13.1 Å². The SMILES string of the molecule is O=[N+]([O-])c1ccc(S(=O)(=O)N2CCC(Oc3nc4c(F)cc(F)cc4s3)CC2)cc1. The number of benzene rings is 2. The molecule has 0 N–H and O–H groups in total. The van der Waals surface area contributed by atoms with Crippen molar-refractivity contribution in [2.45, 2.75) is 23.8 Å². The lowest BCUT2D eigenvalue weighted by atomic mass is 10.1. The topological polar surface area (TPSA) is 103 Å². The van der Waals surface area contributed by atoms with Gasteiger partial charge in [0, 0.05) is 31.3 Å². The molecule has 0 atom stereocenters. The maximum absolute atomic E-state index is 13.8. The number of piperidine rings is 1. The number of non-ortho nitro benzene ring substituents is 1. The van der Waals surface area contributed by atoms with E-state index in [1.807, 2.05) is 0 Å². The molecule has 0 spiro atoms. The van der Waals surface area contributed by atoms with Crippen LogP contribution in [0.15, 0.2) is 41.3 Å². The number of nitro benzene ring substituents is 1. The molecule has 30 heavy (non-hydrogen) atoms. The normalized spacial score (nSPS) is 16.1. The van der Waals surface area contributed by atoms with Gasteiger partial charge in [-0.15, -0.1) is 0 Å². The molecular formula is C18H15F2N3O5S2. The van der Waals surface area contributed by atoms with Gasteiger partial charge in [0.1, 0.15) is 17.4 Å². The number of nitro groups is 1. The van der Waals surface area contributed by atoms with Crippen molar-refractivity contribution in [3.05, 3.63) is 58.1 Å². The average molecular weight is 455 g/mol. The highest BCUT2D eigenvalue weighted by Crippen LogP contribution is 2.32. The van der Waals surface area contributed by atoms with Gasteiger partial charge in [-0.3, -0.25) is 10.1 Å². The molecule has 2 aromatic carbocycles. The summed E-state index contributed by atoms with van der Waals surface area (Å²) >= 11 is 1.03. The second-order valence-corrected chi connectivity index (χ2v) is 9.62. The van der Waals surface area contributed by atoms with Crippen molar-refractivity contribution in [3.8, 4) is 5.19 Å². The third-order valence-electron chi connectivity index (χ3n) is 4.75. The molecule has 1 aromatic heterocycles. The number of ether oxygens (including phenoxy) is 1. The zero-order chi connectivity index (χ0) is 21.5. The minimum Gasteiger partial charge on any atom is -0.467 e. The molecule has 0 amide bonds. The molecule has 4 rings (SSSR count). The van der Waals surface area contributed by atoms with Crippen LogP contribution in [-0.4, -0.2) is 41.8 Å². The Morgan fingerprint density at radius 2 is 1.83 bits per heavy atom. The summed E-state index contributed by atoms with van der Waals surface area (Å²) in [4.78, 5) is 14.2. The molecule has 1 saturated heterocycles. The molecular weight excluding hydrogens is 440 g/mol. The molecule has 2 heterocycles. The molecule has 1 fully saturated rings. The third kappa shape index (κ3) is 3.98. The van der Waals surface area contributed by atoms with Crippen molar-refractivity contribution in [3.63, 3.8) is 0 Å². The molecule has 158 valence electrons. The van der Waals surface area contributed by atoms with Gasteiger partial charge in [-0.2, -0.15) is 9.29 Å². The Bertz CT molecular complexity index is 1210. The number of rotatable bonds is 5. The Morgan fingerprint density at radius 1 is 1.17 bits per heavy atom. The lowest BCUT2D eigenvalue weighted by Gasteiger charge is -2.30. The van der Waals surface area contributed by atoms with Crippen LogP contribution in [0.3, 0.4) is 0 Å². The maximum Gasteiger partial charge on any atom is 0.274 e. The fraction of sp³-hybridized carbons (Fsp3) is 0.278. The van der Waals surface area contributed by atoms with Gasteiger partial charge in [0.05, 0.1) is 14.5 Å². The minimum atomic E-state index is -3.78. The van der Waals surface area contributed by atoms with Crippen LogP contribution >= 0.6 is 11.3 Å². The van der Waals surface area contributed by atoms with Gasteiger partial charge >= 0.3 is 0 Å². The summed E-state index contributed by atoms with van der Waals surface area (Å²) in [6.07, 6.45) is 0.458. The number of sulfonamides is 1.